The van der Waals surface area contributed by atoms with Crippen molar-refractivity contribution in [3.63, 3.8) is 0 Å². The lowest BCUT2D eigenvalue weighted by molar-refractivity contribution is -0.127. The van der Waals surface area contributed by atoms with Crippen LogP contribution in [0.3, 0.4) is 0 Å². The summed E-state index contributed by atoms with van der Waals surface area (Å²) < 4.78 is 5.94. The first-order valence-corrected chi connectivity index (χ1v) is 11.0. The number of carbonyl (C=O) groups is 3. The number of hydrogen-bond donors (Lipinski definition) is 2. The van der Waals surface area contributed by atoms with Crippen LogP contribution in [0.15, 0.2) is 41.3 Å². The standard InChI is InChI=1S/C20H16ClIN2O5S/c1-2-29-15-8-11(7-14(22)18(15)26)9-16-19(27)24(20(28)30-16)10-17(25)23-13-5-3-12(21)4-6-13/h3-9,26H,2,10H2,1H3,(H,23,25)/b16-9+. The van der Waals surface area contributed by atoms with Crippen LogP contribution in [-0.4, -0.2) is 40.2 Å². The Balaban J connectivity index is 1.74. The smallest absolute Gasteiger partial charge is 0.294 e. The van der Waals surface area contributed by atoms with Gasteiger partial charge in [0, 0.05) is 10.7 Å². The number of imide groups is 1. The van der Waals surface area contributed by atoms with Gasteiger partial charge in [0.05, 0.1) is 15.1 Å². The molecular formula is C20H16ClIN2O5S. The van der Waals surface area contributed by atoms with Gasteiger partial charge >= 0.3 is 0 Å². The van der Waals surface area contributed by atoms with E-state index in [1.54, 1.807) is 43.3 Å². The van der Waals surface area contributed by atoms with Crippen LogP contribution in [-0.2, 0) is 9.59 Å². The molecule has 1 aliphatic heterocycles. The molecule has 156 valence electrons. The zero-order valence-electron chi connectivity index (χ0n) is 15.6. The summed E-state index contributed by atoms with van der Waals surface area (Å²) >= 11 is 8.52. The van der Waals surface area contributed by atoms with Gasteiger partial charge in [0.2, 0.25) is 5.91 Å². The van der Waals surface area contributed by atoms with E-state index in [1.807, 2.05) is 22.6 Å². The zero-order valence-corrected chi connectivity index (χ0v) is 19.4. The molecule has 10 heteroatoms. The number of nitrogens with zero attached hydrogens (tertiary/aromatic N) is 1. The predicted octanol–water partition coefficient (Wildman–Crippen LogP) is 4.72. The molecule has 0 bridgehead atoms. The van der Waals surface area contributed by atoms with Crippen molar-refractivity contribution < 1.29 is 24.2 Å². The van der Waals surface area contributed by atoms with E-state index in [1.165, 1.54) is 6.08 Å². The van der Waals surface area contributed by atoms with Gasteiger partial charge in [-0.25, -0.2) is 0 Å². The van der Waals surface area contributed by atoms with Gasteiger partial charge in [0.15, 0.2) is 11.5 Å². The normalized spacial score (nSPS) is 15.0. The number of phenols is 1. The molecule has 0 atom stereocenters. The highest BCUT2D eigenvalue weighted by Crippen LogP contribution is 2.36. The number of carbonyl (C=O) groups excluding carboxylic acids is 3. The van der Waals surface area contributed by atoms with E-state index in [0.29, 0.717) is 26.5 Å². The van der Waals surface area contributed by atoms with E-state index in [0.717, 1.165) is 16.7 Å². The SMILES string of the molecule is CCOc1cc(/C=C2/SC(=O)N(CC(=O)Nc3ccc(Cl)cc3)C2=O)cc(I)c1O. The molecule has 1 saturated heterocycles. The molecule has 2 aromatic rings. The minimum absolute atomic E-state index is 0.0153. The molecule has 1 aliphatic rings. The Bertz CT molecular complexity index is 1040. The Morgan fingerprint density at radius 1 is 1.30 bits per heavy atom. The number of amides is 3. The summed E-state index contributed by atoms with van der Waals surface area (Å²) in [6.07, 6.45) is 1.53. The number of nitrogens with one attached hydrogen (secondary N) is 1. The summed E-state index contributed by atoms with van der Waals surface area (Å²) in [7, 11) is 0. The molecule has 30 heavy (non-hydrogen) atoms. The maximum Gasteiger partial charge on any atom is 0.294 e. The molecule has 7 nitrogen and oxygen atoms in total. The highest BCUT2D eigenvalue weighted by molar-refractivity contribution is 14.1. The minimum Gasteiger partial charge on any atom is -0.504 e. The number of hydrogen-bond acceptors (Lipinski definition) is 6. The van der Waals surface area contributed by atoms with Crippen LogP contribution in [0.25, 0.3) is 6.08 Å². The molecule has 0 saturated carbocycles. The van der Waals surface area contributed by atoms with Crippen LogP contribution in [0.5, 0.6) is 11.5 Å². The molecule has 2 N–H and O–H groups in total. The van der Waals surface area contributed by atoms with E-state index in [-0.39, 0.29) is 16.4 Å². The van der Waals surface area contributed by atoms with Crippen LogP contribution >= 0.6 is 46.0 Å². The Hall–Kier alpha value is -2.24. The molecule has 0 spiro atoms. The van der Waals surface area contributed by atoms with Crippen molar-refractivity contribution in [2.24, 2.45) is 0 Å². The van der Waals surface area contributed by atoms with Crippen LogP contribution in [0.1, 0.15) is 12.5 Å². The summed E-state index contributed by atoms with van der Waals surface area (Å²) in [5.41, 5.74) is 1.10. The second kappa shape index (κ2) is 9.71. The highest BCUT2D eigenvalue weighted by Gasteiger charge is 2.36. The fraction of sp³-hybridized carbons (Fsp3) is 0.150. The molecule has 3 amide bonds. The molecule has 0 radical (unpaired) electrons. The first kappa shape index (κ1) is 22.4. The van der Waals surface area contributed by atoms with Crippen LogP contribution < -0.4 is 10.1 Å². The first-order valence-electron chi connectivity index (χ1n) is 8.74. The second-order valence-corrected chi connectivity index (χ2v) is 8.70. The Kier molecular flexibility index (Phi) is 7.27. The number of aromatic hydroxyl groups is 1. The third-order valence-corrected chi connectivity index (χ3v) is 5.93. The quantitative estimate of drug-likeness (QED) is 0.393. The molecule has 3 rings (SSSR count). The fourth-order valence-electron chi connectivity index (χ4n) is 2.61. The summed E-state index contributed by atoms with van der Waals surface area (Å²) in [5, 5.41) is 12.7. The third kappa shape index (κ3) is 5.27. The Morgan fingerprint density at radius 2 is 2.00 bits per heavy atom. The number of anilines is 1. The molecule has 1 fully saturated rings. The summed E-state index contributed by atoms with van der Waals surface area (Å²) in [5.74, 6) is -0.755. The fourth-order valence-corrected chi connectivity index (χ4v) is 4.20. The summed E-state index contributed by atoms with van der Waals surface area (Å²) in [6, 6.07) is 9.74. The van der Waals surface area contributed by atoms with Crippen molar-refractivity contribution in [1.29, 1.82) is 0 Å². The maximum absolute atomic E-state index is 12.7. The van der Waals surface area contributed by atoms with E-state index < -0.39 is 23.6 Å². The van der Waals surface area contributed by atoms with Crippen molar-refractivity contribution in [3.8, 4) is 11.5 Å². The lowest BCUT2D eigenvalue weighted by Crippen LogP contribution is -2.36. The van der Waals surface area contributed by atoms with Gasteiger partial charge in [0.1, 0.15) is 6.54 Å². The van der Waals surface area contributed by atoms with Gasteiger partial charge in [-0.3, -0.25) is 19.3 Å². The maximum atomic E-state index is 12.7. The predicted molar refractivity (Wildman–Crippen MR) is 125 cm³/mol. The molecule has 1 heterocycles. The average molecular weight is 559 g/mol. The number of phenolic OH excluding ortho intramolecular Hbond substituents is 1. The van der Waals surface area contributed by atoms with Gasteiger partial charge in [-0.1, -0.05) is 11.6 Å². The number of ether oxygens (including phenoxy) is 1. The summed E-state index contributed by atoms with van der Waals surface area (Å²) in [4.78, 5) is 38.2. The Labute approximate surface area is 195 Å². The van der Waals surface area contributed by atoms with E-state index in [9.17, 15) is 19.5 Å². The molecule has 2 aromatic carbocycles. The molecule has 0 aliphatic carbocycles. The lowest BCUT2D eigenvalue weighted by atomic mass is 10.2. The number of benzene rings is 2. The number of halogens is 2. The number of thioether (sulfide) groups is 1. The topological polar surface area (TPSA) is 95.9 Å². The van der Waals surface area contributed by atoms with Crippen LogP contribution in [0.2, 0.25) is 5.02 Å². The van der Waals surface area contributed by atoms with Crippen molar-refractivity contribution in [3.05, 3.63) is 55.5 Å². The second-order valence-electron chi connectivity index (χ2n) is 6.11. The van der Waals surface area contributed by atoms with Crippen molar-refractivity contribution >= 4 is 74.8 Å². The van der Waals surface area contributed by atoms with Crippen molar-refractivity contribution in [2.75, 3.05) is 18.5 Å². The van der Waals surface area contributed by atoms with Crippen molar-refractivity contribution in [1.82, 2.24) is 4.90 Å². The van der Waals surface area contributed by atoms with E-state index in [2.05, 4.69) is 5.32 Å². The monoisotopic (exact) mass is 558 g/mol. The van der Waals surface area contributed by atoms with Crippen LogP contribution in [0, 0.1) is 3.57 Å². The van der Waals surface area contributed by atoms with Gasteiger partial charge in [0.25, 0.3) is 11.1 Å². The number of rotatable bonds is 6. The van der Waals surface area contributed by atoms with Crippen molar-refractivity contribution in [2.45, 2.75) is 6.92 Å². The van der Waals surface area contributed by atoms with E-state index >= 15 is 0 Å². The van der Waals surface area contributed by atoms with Gasteiger partial charge in [-0.15, -0.1) is 0 Å². The van der Waals surface area contributed by atoms with Gasteiger partial charge in [-0.05, 0) is 89.3 Å². The zero-order chi connectivity index (χ0) is 21.8. The molecule has 0 aromatic heterocycles. The summed E-state index contributed by atoms with van der Waals surface area (Å²) in [6.45, 7) is 1.76. The first-order chi connectivity index (χ1) is 14.3. The van der Waals surface area contributed by atoms with Crippen LogP contribution in [0.4, 0.5) is 10.5 Å². The van der Waals surface area contributed by atoms with E-state index in [4.69, 9.17) is 16.3 Å². The highest BCUT2D eigenvalue weighted by atomic mass is 127. The molecular weight excluding hydrogens is 543 g/mol. The average Bonchev–Trinajstić information content (AvgIpc) is 2.95. The minimum atomic E-state index is -0.558. The Morgan fingerprint density at radius 3 is 2.67 bits per heavy atom. The largest absolute Gasteiger partial charge is 0.504 e. The lowest BCUT2D eigenvalue weighted by Gasteiger charge is -2.12. The molecule has 0 unspecified atom stereocenters. The van der Waals surface area contributed by atoms with Gasteiger partial charge in [-0.2, -0.15) is 0 Å². The van der Waals surface area contributed by atoms with Gasteiger partial charge < -0.3 is 15.2 Å². The third-order valence-electron chi connectivity index (χ3n) is 3.95.